The predicted octanol–water partition coefficient (Wildman–Crippen LogP) is 7.13. The van der Waals surface area contributed by atoms with Gasteiger partial charge in [-0.15, -0.1) is 11.3 Å². The number of pyridine rings is 1. The first-order valence-corrected chi connectivity index (χ1v) is 16.3. The highest BCUT2D eigenvalue weighted by atomic mass is 32.1. The summed E-state index contributed by atoms with van der Waals surface area (Å²) in [5.41, 5.74) is 12.9. The van der Waals surface area contributed by atoms with E-state index >= 15 is 0 Å². The van der Waals surface area contributed by atoms with Gasteiger partial charge in [-0.3, -0.25) is 9.69 Å². The Labute approximate surface area is 272 Å². The number of hydrogen-bond acceptors (Lipinski definition) is 7. The van der Waals surface area contributed by atoms with Crippen LogP contribution in [-0.2, 0) is 7.05 Å². The molecule has 0 radical (unpaired) electrons. The van der Waals surface area contributed by atoms with Crippen LogP contribution in [0.15, 0.2) is 96.5 Å². The Hall–Kier alpha value is -5.12. The summed E-state index contributed by atoms with van der Waals surface area (Å²) in [6.07, 6.45) is 6.24. The van der Waals surface area contributed by atoms with Crippen molar-refractivity contribution in [2.24, 2.45) is 7.05 Å². The highest BCUT2D eigenvalue weighted by Gasteiger charge is 2.19. The van der Waals surface area contributed by atoms with E-state index in [1.807, 2.05) is 66.3 Å². The van der Waals surface area contributed by atoms with Gasteiger partial charge in [0.05, 0.1) is 12.8 Å². The first kappa shape index (κ1) is 29.6. The van der Waals surface area contributed by atoms with E-state index in [9.17, 15) is 4.79 Å². The summed E-state index contributed by atoms with van der Waals surface area (Å²) in [7, 11) is 3.51. The minimum absolute atomic E-state index is 0.200. The van der Waals surface area contributed by atoms with Crippen molar-refractivity contribution >= 4 is 61.5 Å². The van der Waals surface area contributed by atoms with Crippen LogP contribution in [0.2, 0.25) is 0 Å². The number of nitrogen functional groups attached to an aromatic ring is 1. The number of thiophene rings is 1. The molecule has 8 nitrogen and oxygen atoms in total. The molecule has 7 rings (SSSR count). The largest absolute Gasteiger partial charge is 0.495 e. The second kappa shape index (κ2) is 12.7. The molecule has 0 aliphatic carbocycles. The molecular formula is C37H36N6O2S. The summed E-state index contributed by atoms with van der Waals surface area (Å²) in [6, 6.07) is 26.3. The number of aryl methyl sites for hydroxylation is 1. The Morgan fingerprint density at radius 3 is 2.59 bits per heavy atom. The molecule has 232 valence electrons. The van der Waals surface area contributed by atoms with Crippen molar-refractivity contribution in [3.05, 3.63) is 108 Å². The Kier molecular flexibility index (Phi) is 8.17. The molecule has 3 aromatic carbocycles. The van der Waals surface area contributed by atoms with Gasteiger partial charge in [0, 0.05) is 83.8 Å². The lowest BCUT2D eigenvalue weighted by molar-refractivity contribution is 0.101. The Bertz CT molecular complexity index is 2060. The number of fused-ring (bicyclic) bond motifs is 2. The number of methoxy groups -OCH3 is 1. The number of para-hydroxylation sites is 2. The van der Waals surface area contributed by atoms with Crippen LogP contribution in [0, 0.1) is 0 Å². The van der Waals surface area contributed by atoms with Crippen LogP contribution in [-0.4, -0.2) is 60.2 Å². The third-order valence-electron chi connectivity index (χ3n) is 8.75. The van der Waals surface area contributed by atoms with Gasteiger partial charge in [-0.2, -0.15) is 0 Å². The number of rotatable bonds is 8. The van der Waals surface area contributed by atoms with E-state index in [-0.39, 0.29) is 5.91 Å². The van der Waals surface area contributed by atoms with Gasteiger partial charge in [0.1, 0.15) is 17.3 Å². The van der Waals surface area contributed by atoms with E-state index in [4.69, 9.17) is 10.5 Å². The van der Waals surface area contributed by atoms with Gasteiger partial charge in [0.15, 0.2) is 0 Å². The van der Waals surface area contributed by atoms with E-state index in [0.29, 0.717) is 22.9 Å². The normalized spacial score (nSPS) is 14.0. The molecule has 9 heteroatoms. The standard InChI is InChI=1S/C37H36N6O2S/c1-41-31-13-7-6-9-26(31)21-32(41)37(44)40-30-15-14-25(22-33(30)45-2)29-24-46-35-27(23-39-36(38)34(29)35)10-8-16-42-17-19-43(20-18-42)28-11-4-3-5-12-28/h3-15,21-24H,16-20H2,1-2H3,(H2,38,39)(H,40,44)/b10-8+. The van der Waals surface area contributed by atoms with Crippen LogP contribution in [0.4, 0.5) is 17.2 Å². The molecule has 1 amide bonds. The monoisotopic (exact) mass is 628 g/mol. The molecule has 0 saturated carbocycles. The fraction of sp³-hybridized carbons (Fsp3) is 0.189. The second-order valence-corrected chi connectivity index (χ2v) is 12.4. The summed E-state index contributed by atoms with van der Waals surface area (Å²) in [4.78, 5) is 22.8. The first-order chi connectivity index (χ1) is 22.5. The van der Waals surface area contributed by atoms with Crippen molar-refractivity contribution in [2.45, 2.75) is 0 Å². The smallest absolute Gasteiger partial charge is 0.272 e. The summed E-state index contributed by atoms with van der Waals surface area (Å²) >= 11 is 1.66. The molecule has 4 heterocycles. The van der Waals surface area contributed by atoms with Gasteiger partial charge in [-0.25, -0.2) is 4.98 Å². The number of hydrogen-bond donors (Lipinski definition) is 2. The number of nitrogens with one attached hydrogen (secondary N) is 1. The number of aromatic nitrogens is 2. The van der Waals surface area contributed by atoms with Crippen LogP contribution >= 0.6 is 11.3 Å². The van der Waals surface area contributed by atoms with E-state index in [2.05, 4.69) is 68.0 Å². The predicted molar refractivity (Wildman–Crippen MR) is 191 cm³/mol. The topological polar surface area (TPSA) is 88.7 Å². The van der Waals surface area contributed by atoms with Crippen LogP contribution in [0.5, 0.6) is 5.75 Å². The van der Waals surface area contributed by atoms with Gasteiger partial charge in [-0.1, -0.05) is 54.6 Å². The molecule has 0 unspecified atom stereocenters. The molecule has 3 aromatic heterocycles. The maximum atomic E-state index is 13.3. The fourth-order valence-electron chi connectivity index (χ4n) is 6.23. The zero-order chi connectivity index (χ0) is 31.6. The Morgan fingerprint density at radius 2 is 1.80 bits per heavy atom. The Balaban J connectivity index is 1.07. The summed E-state index contributed by atoms with van der Waals surface area (Å²) in [5, 5.41) is 7.10. The van der Waals surface area contributed by atoms with E-state index in [1.165, 1.54) is 5.69 Å². The molecule has 1 aliphatic rings. The van der Waals surface area contributed by atoms with Crippen molar-refractivity contribution in [1.82, 2.24) is 14.5 Å². The Morgan fingerprint density at radius 1 is 1.02 bits per heavy atom. The number of ether oxygens (including phenoxy) is 1. The average molecular weight is 629 g/mol. The first-order valence-electron chi connectivity index (χ1n) is 15.4. The molecular weight excluding hydrogens is 593 g/mol. The van der Waals surface area contributed by atoms with Crippen molar-refractivity contribution in [2.75, 3.05) is 55.8 Å². The minimum atomic E-state index is -0.200. The van der Waals surface area contributed by atoms with E-state index < -0.39 is 0 Å². The molecule has 1 saturated heterocycles. The van der Waals surface area contributed by atoms with Crippen LogP contribution in [0.25, 0.3) is 38.2 Å². The number of benzene rings is 3. The van der Waals surface area contributed by atoms with E-state index in [1.54, 1.807) is 18.4 Å². The molecule has 0 spiro atoms. The maximum Gasteiger partial charge on any atom is 0.272 e. The number of carbonyl (C=O) groups is 1. The van der Waals surface area contributed by atoms with Crippen molar-refractivity contribution in [3.8, 4) is 16.9 Å². The van der Waals surface area contributed by atoms with Gasteiger partial charge in [-0.05, 0) is 47.3 Å². The molecule has 0 bridgehead atoms. The maximum absolute atomic E-state index is 13.3. The van der Waals surface area contributed by atoms with Gasteiger partial charge >= 0.3 is 0 Å². The number of anilines is 3. The third kappa shape index (κ3) is 5.71. The average Bonchev–Trinajstić information content (AvgIpc) is 3.69. The van der Waals surface area contributed by atoms with Crippen molar-refractivity contribution in [3.63, 3.8) is 0 Å². The van der Waals surface area contributed by atoms with E-state index in [0.717, 1.165) is 70.4 Å². The van der Waals surface area contributed by atoms with Gasteiger partial charge < -0.3 is 25.3 Å². The number of piperazine rings is 1. The van der Waals surface area contributed by atoms with Crippen LogP contribution in [0.3, 0.4) is 0 Å². The number of carbonyl (C=O) groups excluding carboxylic acids is 1. The summed E-state index contributed by atoms with van der Waals surface area (Å²) < 4.78 is 8.73. The lowest BCUT2D eigenvalue weighted by Gasteiger charge is -2.35. The van der Waals surface area contributed by atoms with Crippen LogP contribution in [0.1, 0.15) is 16.1 Å². The number of nitrogens with two attached hydrogens (primary N) is 1. The lowest BCUT2D eigenvalue weighted by atomic mass is 10.0. The number of nitrogens with zero attached hydrogens (tertiary/aromatic N) is 4. The molecule has 3 N–H and O–H groups in total. The van der Waals surface area contributed by atoms with Crippen LogP contribution < -0.4 is 20.7 Å². The SMILES string of the molecule is COc1cc(-c2csc3c(/C=C/CN4CCN(c5ccccc5)CC4)cnc(N)c23)ccc1NC(=O)c1cc2ccccc2n1C. The second-order valence-electron chi connectivity index (χ2n) is 11.5. The molecule has 1 aliphatic heterocycles. The zero-order valence-corrected chi connectivity index (χ0v) is 26.8. The quantitative estimate of drug-likeness (QED) is 0.186. The van der Waals surface area contributed by atoms with Crippen molar-refractivity contribution in [1.29, 1.82) is 0 Å². The van der Waals surface area contributed by atoms with Gasteiger partial charge in [0.25, 0.3) is 5.91 Å². The minimum Gasteiger partial charge on any atom is -0.495 e. The number of amides is 1. The summed E-state index contributed by atoms with van der Waals surface area (Å²) in [5.74, 6) is 0.861. The molecule has 1 fully saturated rings. The fourth-order valence-corrected chi connectivity index (χ4v) is 7.31. The molecule has 6 aromatic rings. The highest BCUT2D eigenvalue weighted by Crippen LogP contribution is 2.41. The third-order valence-corrected chi connectivity index (χ3v) is 9.78. The van der Waals surface area contributed by atoms with Gasteiger partial charge in [0.2, 0.25) is 0 Å². The lowest BCUT2D eigenvalue weighted by Crippen LogP contribution is -2.46. The highest BCUT2D eigenvalue weighted by molar-refractivity contribution is 7.18. The van der Waals surface area contributed by atoms with Crippen molar-refractivity contribution < 1.29 is 9.53 Å². The summed E-state index contributed by atoms with van der Waals surface area (Å²) in [6.45, 7) is 4.98. The molecule has 0 atom stereocenters. The molecule has 46 heavy (non-hydrogen) atoms. The zero-order valence-electron chi connectivity index (χ0n) is 25.9.